The molecule has 0 aliphatic rings. The summed E-state index contributed by atoms with van der Waals surface area (Å²) in [6.07, 6.45) is 25.9. The van der Waals surface area contributed by atoms with Crippen molar-refractivity contribution in [1.82, 2.24) is 5.32 Å². The van der Waals surface area contributed by atoms with Gasteiger partial charge in [0.25, 0.3) is 0 Å². The number of likely N-dealkylation sites (N-methyl/N-ethyl adjacent to an activating group) is 1. The molecule has 2 nitrogen and oxygen atoms in total. The van der Waals surface area contributed by atoms with Crippen molar-refractivity contribution in [2.24, 2.45) is 0 Å². The molecule has 0 aromatic heterocycles. The molecule has 3 heteroatoms. The van der Waals surface area contributed by atoms with Gasteiger partial charge >= 0.3 is 0 Å². The summed E-state index contributed by atoms with van der Waals surface area (Å²) in [4.78, 5) is 0. The maximum Gasteiger partial charge on any atom is 0.104 e. The van der Waals surface area contributed by atoms with Gasteiger partial charge in [-0.25, -0.2) is 0 Å². The second-order valence-corrected chi connectivity index (χ2v) is 11.7. The number of nitrogens with zero attached hydrogens (tertiary/aromatic N) is 1. The molecule has 34 heavy (non-hydrogen) atoms. The first kappa shape index (κ1) is 31.4. The highest BCUT2D eigenvalue weighted by Crippen LogP contribution is 2.14. The van der Waals surface area contributed by atoms with E-state index in [0.29, 0.717) is 0 Å². The Morgan fingerprint density at radius 2 is 0.971 bits per heavy atom. The van der Waals surface area contributed by atoms with Gasteiger partial charge in [0.05, 0.1) is 20.6 Å². The number of hydrogen-bond donors (Lipinski definition) is 1. The zero-order valence-electron chi connectivity index (χ0n) is 23.1. The molecular weight excluding hydrogens is 428 g/mol. The highest BCUT2D eigenvalue weighted by atomic mass is 28.1. The number of quaternary nitrogens is 1. The Kier molecular flexibility index (Phi) is 21.0. The lowest BCUT2D eigenvalue weighted by molar-refractivity contribution is -0.902. The second kappa shape index (κ2) is 22.8. The molecule has 0 unspecified atom stereocenters. The fraction of sp³-hybridized carbons (Fsp3) is 0.806. The van der Waals surface area contributed by atoms with Crippen LogP contribution in [0.15, 0.2) is 30.3 Å². The van der Waals surface area contributed by atoms with Gasteiger partial charge in [-0.3, -0.25) is 0 Å². The van der Waals surface area contributed by atoms with E-state index >= 15 is 0 Å². The van der Waals surface area contributed by atoms with Crippen LogP contribution in [0.3, 0.4) is 0 Å². The lowest BCUT2D eigenvalue weighted by Gasteiger charge is -2.30. The van der Waals surface area contributed by atoms with Gasteiger partial charge in [-0.15, -0.1) is 0 Å². The fourth-order valence-corrected chi connectivity index (χ4v) is 5.12. The summed E-state index contributed by atoms with van der Waals surface area (Å²) < 4.78 is 1.05. The first-order valence-electron chi connectivity index (χ1n) is 14.9. The standard InChI is InChI=1S/C31H58N2Si/c1-33(2,30-31-24-20-19-21-25-31)28-27-32-26-22-17-15-13-11-9-7-5-3-4-6-8-10-12-14-16-18-23-29-34/h19-21,24-25,32H,3-18,22-23,26-30H2,1-2H3/q+1. The molecule has 3 radical (unpaired) electrons. The summed E-state index contributed by atoms with van der Waals surface area (Å²) in [7, 11) is 8.24. The van der Waals surface area contributed by atoms with Crippen LogP contribution in [0, 0.1) is 0 Å². The van der Waals surface area contributed by atoms with E-state index in [4.69, 9.17) is 0 Å². The van der Waals surface area contributed by atoms with Crippen molar-refractivity contribution in [3.63, 3.8) is 0 Å². The molecule has 195 valence electrons. The van der Waals surface area contributed by atoms with E-state index < -0.39 is 0 Å². The molecule has 0 heterocycles. The van der Waals surface area contributed by atoms with Gasteiger partial charge in [-0.1, -0.05) is 146 Å². The van der Waals surface area contributed by atoms with Gasteiger partial charge < -0.3 is 9.80 Å². The summed E-state index contributed by atoms with van der Waals surface area (Å²) in [5.74, 6) is 0. The van der Waals surface area contributed by atoms with Crippen molar-refractivity contribution >= 4 is 10.2 Å². The van der Waals surface area contributed by atoms with E-state index in [2.05, 4.69) is 60.0 Å². The third kappa shape index (κ3) is 20.7. The zero-order chi connectivity index (χ0) is 24.6. The van der Waals surface area contributed by atoms with Gasteiger partial charge in [-0.2, -0.15) is 0 Å². The van der Waals surface area contributed by atoms with Crippen molar-refractivity contribution in [2.75, 3.05) is 33.7 Å². The summed E-state index contributed by atoms with van der Waals surface area (Å²) >= 11 is 0. The highest BCUT2D eigenvalue weighted by molar-refractivity contribution is 6.08. The Hall–Kier alpha value is -0.643. The molecule has 0 bridgehead atoms. The molecule has 0 saturated heterocycles. The maximum absolute atomic E-state index is 3.67. The van der Waals surface area contributed by atoms with E-state index in [9.17, 15) is 0 Å². The van der Waals surface area contributed by atoms with Gasteiger partial charge in [-0.05, 0) is 13.0 Å². The second-order valence-electron chi connectivity index (χ2n) is 11.2. The third-order valence-corrected chi connectivity index (χ3v) is 7.48. The van der Waals surface area contributed by atoms with E-state index in [1.165, 1.54) is 140 Å². The molecule has 0 amide bonds. The Morgan fingerprint density at radius 3 is 1.41 bits per heavy atom. The first-order chi connectivity index (χ1) is 16.6. The number of unbranched alkanes of at least 4 members (excludes halogenated alkanes) is 17. The number of hydrogen-bond acceptors (Lipinski definition) is 1. The number of benzene rings is 1. The summed E-state index contributed by atoms with van der Waals surface area (Å²) in [5.41, 5.74) is 1.44. The minimum Gasteiger partial charge on any atom is -0.324 e. The number of nitrogens with one attached hydrogen (secondary N) is 1. The summed E-state index contributed by atoms with van der Waals surface area (Å²) in [6, 6.07) is 12.0. The van der Waals surface area contributed by atoms with Crippen LogP contribution < -0.4 is 5.32 Å². The Bertz CT molecular complexity index is 531. The normalized spacial score (nSPS) is 11.9. The zero-order valence-corrected chi connectivity index (χ0v) is 24.1. The van der Waals surface area contributed by atoms with Gasteiger partial charge in [0, 0.05) is 22.4 Å². The lowest BCUT2D eigenvalue weighted by Crippen LogP contribution is -2.43. The SMILES string of the molecule is C[N+](C)(CCNCCCCCCCCCCCCCCCCCCCC[Si])Cc1ccccc1. The van der Waals surface area contributed by atoms with Crippen LogP contribution in [-0.4, -0.2) is 48.5 Å². The molecule has 1 rings (SSSR count). The fourth-order valence-electron chi connectivity index (χ4n) is 4.87. The minimum atomic E-state index is 1.05. The monoisotopic (exact) mass is 486 g/mol. The predicted octanol–water partition coefficient (Wildman–Crippen LogP) is 8.46. The van der Waals surface area contributed by atoms with Crippen molar-refractivity contribution in [1.29, 1.82) is 0 Å². The largest absolute Gasteiger partial charge is 0.324 e. The molecule has 0 fully saturated rings. The lowest BCUT2D eigenvalue weighted by atomic mass is 10.0. The van der Waals surface area contributed by atoms with E-state index in [1.54, 1.807) is 0 Å². The molecule has 0 aliphatic carbocycles. The average Bonchev–Trinajstić information content (AvgIpc) is 2.82. The van der Waals surface area contributed by atoms with Crippen LogP contribution in [-0.2, 0) is 6.54 Å². The van der Waals surface area contributed by atoms with Crippen molar-refractivity contribution in [3.05, 3.63) is 35.9 Å². The van der Waals surface area contributed by atoms with E-state index in [0.717, 1.165) is 17.6 Å². The van der Waals surface area contributed by atoms with Crippen LogP contribution in [0.2, 0.25) is 6.04 Å². The molecule has 0 saturated carbocycles. The van der Waals surface area contributed by atoms with Crippen LogP contribution in [0.1, 0.15) is 121 Å². The Labute approximate surface area is 217 Å². The van der Waals surface area contributed by atoms with Gasteiger partial charge in [0.15, 0.2) is 0 Å². The summed E-state index contributed by atoms with van der Waals surface area (Å²) in [5, 5.41) is 3.67. The average molecular weight is 487 g/mol. The molecule has 0 aliphatic heterocycles. The quantitative estimate of drug-likeness (QED) is 0.0830. The minimum absolute atomic E-state index is 1.05. The smallest absolute Gasteiger partial charge is 0.104 e. The van der Waals surface area contributed by atoms with Crippen LogP contribution >= 0.6 is 0 Å². The van der Waals surface area contributed by atoms with Crippen molar-refractivity contribution in [2.45, 2.75) is 128 Å². The Morgan fingerprint density at radius 1 is 0.559 bits per heavy atom. The number of rotatable bonds is 25. The Balaban J connectivity index is 1.74. The molecule has 0 spiro atoms. The van der Waals surface area contributed by atoms with Crippen molar-refractivity contribution in [3.8, 4) is 0 Å². The molecule has 1 N–H and O–H groups in total. The predicted molar refractivity (Wildman–Crippen MR) is 154 cm³/mol. The molecule has 1 aromatic carbocycles. The van der Waals surface area contributed by atoms with Gasteiger partial charge in [0.2, 0.25) is 0 Å². The van der Waals surface area contributed by atoms with Crippen LogP contribution in [0.25, 0.3) is 0 Å². The van der Waals surface area contributed by atoms with Gasteiger partial charge in [0.1, 0.15) is 6.54 Å². The summed E-state index contributed by atoms with van der Waals surface area (Å²) in [6.45, 7) is 4.60. The maximum atomic E-state index is 3.67. The highest BCUT2D eigenvalue weighted by Gasteiger charge is 2.14. The van der Waals surface area contributed by atoms with Crippen molar-refractivity contribution < 1.29 is 4.48 Å². The first-order valence-corrected chi connectivity index (χ1v) is 15.6. The molecular formula is C31H58N2Si+. The molecule has 0 atom stereocenters. The van der Waals surface area contributed by atoms with E-state index in [1.807, 2.05) is 0 Å². The third-order valence-electron chi connectivity index (χ3n) is 7.13. The topological polar surface area (TPSA) is 12.0 Å². The van der Waals surface area contributed by atoms with Crippen LogP contribution in [0.4, 0.5) is 0 Å². The molecule has 1 aromatic rings. The van der Waals surface area contributed by atoms with E-state index in [-0.39, 0.29) is 0 Å². The van der Waals surface area contributed by atoms with Crippen LogP contribution in [0.5, 0.6) is 0 Å².